The summed E-state index contributed by atoms with van der Waals surface area (Å²) < 4.78 is 5.95. The van der Waals surface area contributed by atoms with Crippen molar-refractivity contribution in [3.8, 4) is 5.75 Å². The van der Waals surface area contributed by atoms with E-state index >= 15 is 0 Å². The van der Waals surface area contributed by atoms with Gasteiger partial charge in [0.25, 0.3) is 5.91 Å². The van der Waals surface area contributed by atoms with Crippen LogP contribution in [0.5, 0.6) is 5.75 Å². The molecule has 0 bridgehead atoms. The second-order valence-corrected chi connectivity index (χ2v) is 7.72. The first-order valence-electron chi connectivity index (χ1n) is 9.06. The maximum Gasteiger partial charge on any atom is 0.260 e. The highest BCUT2D eigenvalue weighted by molar-refractivity contribution is 5.85. The van der Waals surface area contributed by atoms with Crippen molar-refractivity contribution in [2.75, 3.05) is 19.6 Å². The summed E-state index contributed by atoms with van der Waals surface area (Å²) in [6, 6.07) is 6.23. The first-order valence-corrected chi connectivity index (χ1v) is 9.06. The van der Waals surface area contributed by atoms with Gasteiger partial charge in [-0.1, -0.05) is 32.9 Å². The van der Waals surface area contributed by atoms with E-state index in [4.69, 9.17) is 4.74 Å². The van der Waals surface area contributed by atoms with Crippen LogP contribution in [-0.2, 0) is 4.79 Å². The number of carbonyl (C=O) groups is 1. The van der Waals surface area contributed by atoms with E-state index in [2.05, 4.69) is 49.6 Å². The smallest absolute Gasteiger partial charge is 0.260 e. The van der Waals surface area contributed by atoms with Crippen molar-refractivity contribution in [1.82, 2.24) is 10.6 Å². The van der Waals surface area contributed by atoms with E-state index in [1.54, 1.807) is 0 Å². The van der Waals surface area contributed by atoms with Gasteiger partial charge < -0.3 is 15.4 Å². The second-order valence-electron chi connectivity index (χ2n) is 7.72. The van der Waals surface area contributed by atoms with Gasteiger partial charge in [-0.15, -0.1) is 12.4 Å². The van der Waals surface area contributed by atoms with Crippen molar-refractivity contribution in [2.45, 2.75) is 59.5 Å². The highest BCUT2D eigenvalue weighted by atomic mass is 35.5. The second kappa shape index (κ2) is 9.44. The summed E-state index contributed by atoms with van der Waals surface area (Å²) in [5, 5.41) is 6.44. The predicted molar refractivity (Wildman–Crippen MR) is 106 cm³/mol. The number of piperidine rings is 1. The molecule has 2 rings (SSSR count). The van der Waals surface area contributed by atoms with Crippen molar-refractivity contribution >= 4 is 18.3 Å². The molecule has 0 aromatic heterocycles. The zero-order valence-corrected chi connectivity index (χ0v) is 17.0. The monoisotopic (exact) mass is 368 g/mol. The van der Waals surface area contributed by atoms with Crippen molar-refractivity contribution in [3.05, 3.63) is 29.3 Å². The molecule has 1 heterocycles. The Balaban J connectivity index is 0.00000312. The first-order chi connectivity index (χ1) is 11.3. The maximum atomic E-state index is 12.4. The highest BCUT2D eigenvalue weighted by Crippen LogP contribution is 2.27. The minimum atomic E-state index is -0.489. The van der Waals surface area contributed by atoms with E-state index in [0.29, 0.717) is 12.5 Å². The lowest BCUT2D eigenvalue weighted by Gasteiger charge is -2.34. The number of aryl methyl sites for hydroxylation is 1. The van der Waals surface area contributed by atoms with Crippen LogP contribution in [0, 0.1) is 12.3 Å². The molecule has 0 spiro atoms. The van der Waals surface area contributed by atoms with Gasteiger partial charge in [-0.3, -0.25) is 4.79 Å². The molecule has 5 heteroatoms. The molecule has 1 saturated heterocycles. The Labute approximate surface area is 158 Å². The van der Waals surface area contributed by atoms with Crippen LogP contribution in [0.4, 0.5) is 0 Å². The fourth-order valence-electron chi connectivity index (χ4n) is 3.00. The van der Waals surface area contributed by atoms with Crippen LogP contribution in [0.2, 0.25) is 0 Å². The van der Waals surface area contributed by atoms with Crippen LogP contribution in [0.3, 0.4) is 0 Å². The predicted octanol–water partition coefficient (Wildman–Crippen LogP) is 3.81. The molecule has 1 aliphatic rings. The number of carbonyl (C=O) groups excluding carboxylic acids is 1. The molecule has 0 saturated carbocycles. The van der Waals surface area contributed by atoms with Crippen molar-refractivity contribution in [1.29, 1.82) is 0 Å². The largest absolute Gasteiger partial charge is 0.481 e. The summed E-state index contributed by atoms with van der Waals surface area (Å²) in [6.07, 6.45) is 1.70. The van der Waals surface area contributed by atoms with Gasteiger partial charge in [-0.25, -0.2) is 0 Å². The van der Waals surface area contributed by atoms with Gasteiger partial charge in [-0.05, 0) is 68.3 Å². The number of nitrogens with one attached hydrogen (secondary N) is 2. The normalized spacial score (nSPS) is 17.5. The molecule has 0 aliphatic carbocycles. The van der Waals surface area contributed by atoms with Gasteiger partial charge in [0.15, 0.2) is 6.10 Å². The number of benzene rings is 1. The quantitative estimate of drug-likeness (QED) is 0.802. The van der Waals surface area contributed by atoms with Gasteiger partial charge in [0.1, 0.15) is 5.75 Å². The Morgan fingerprint density at radius 3 is 2.52 bits per heavy atom. The molecule has 25 heavy (non-hydrogen) atoms. The van der Waals surface area contributed by atoms with Crippen LogP contribution < -0.4 is 15.4 Å². The van der Waals surface area contributed by atoms with Crippen LogP contribution in [-0.4, -0.2) is 31.6 Å². The van der Waals surface area contributed by atoms with Crippen molar-refractivity contribution < 1.29 is 9.53 Å². The Morgan fingerprint density at radius 1 is 1.28 bits per heavy atom. The highest BCUT2D eigenvalue weighted by Gasteiger charge is 2.28. The molecule has 1 fully saturated rings. The summed E-state index contributed by atoms with van der Waals surface area (Å²) >= 11 is 0. The van der Waals surface area contributed by atoms with Gasteiger partial charge in [0.05, 0.1) is 0 Å². The molecule has 1 aromatic carbocycles. The standard InChI is InChI=1S/C20H32N2O2.ClH/c1-14(2)17-7-6-15(3)18(12-17)24-16(4)19(23)22-13-20(5)8-10-21-11-9-20;/h6-7,12,14,16,21H,8-11,13H2,1-5H3,(H,22,23);1H. The third-order valence-electron chi connectivity index (χ3n) is 5.05. The van der Waals surface area contributed by atoms with E-state index in [0.717, 1.165) is 37.2 Å². The van der Waals surface area contributed by atoms with E-state index in [-0.39, 0.29) is 23.7 Å². The number of amides is 1. The molecule has 1 aromatic rings. The van der Waals surface area contributed by atoms with Crippen LogP contribution in [0.25, 0.3) is 0 Å². The summed E-state index contributed by atoms with van der Waals surface area (Å²) in [5.74, 6) is 1.21. The molecule has 1 aliphatic heterocycles. The van der Waals surface area contributed by atoms with Crippen molar-refractivity contribution in [3.63, 3.8) is 0 Å². The lowest BCUT2D eigenvalue weighted by atomic mass is 9.81. The van der Waals surface area contributed by atoms with Gasteiger partial charge in [0, 0.05) is 6.54 Å². The molecule has 142 valence electrons. The zero-order valence-electron chi connectivity index (χ0n) is 16.1. The van der Waals surface area contributed by atoms with E-state index in [1.807, 2.05) is 13.8 Å². The van der Waals surface area contributed by atoms with E-state index in [1.165, 1.54) is 5.56 Å². The Hall–Kier alpha value is -1.26. The van der Waals surface area contributed by atoms with Gasteiger partial charge in [0.2, 0.25) is 0 Å². The summed E-state index contributed by atoms with van der Waals surface area (Å²) in [6.45, 7) is 13.2. The lowest BCUT2D eigenvalue weighted by Crippen LogP contribution is -2.45. The molecule has 1 amide bonds. The fourth-order valence-corrected chi connectivity index (χ4v) is 3.00. The van der Waals surface area contributed by atoms with E-state index in [9.17, 15) is 4.79 Å². The van der Waals surface area contributed by atoms with Gasteiger partial charge in [-0.2, -0.15) is 0 Å². The summed E-state index contributed by atoms with van der Waals surface area (Å²) in [5.41, 5.74) is 2.48. The third-order valence-corrected chi connectivity index (χ3v) is 5.05. The average molecular weight is 369 g/mol. The van der Waals surface area contributed by atoms with Crippen LogP contribution in [0.1, 0.15) is 57.6 Å². The number of hydrogen-bond donors (Lipinski definition) is 2. The fraction of sp³-hybridized carbons (Fsp3) is 0.650. The minimum Gasteiger partial charge on any atom is -0.481 e. The number of ether oxygens (including phenoxy) is 1. The Kier molecular flexibility index (Phi) is 8.23. The third kappa shape index (κ3) is 6.19. The molecule has 4 nitrogen and oxygen atoms in total. The molecule has 1 atom stereocenters. The minimum absolute atomic E-state index is 0. The lowest BCUT2D eigenvalue weighted by molar-refractivity contribution is -0.127. The maximum absolute atomic E-state index is 12.4. The molecule has 0 radical (unpaired) electrons. The Bertz CT molecular complexity index is 569. The number of hydrogen-bond acceptors (Lipinski definition) is 3. The number of halogens is 1. The number of rotatable bonds is 6. The molecular weight excluding hydrogens is 336 g/mol. The van der Waals surface area contributed by atoms with Crippen LogP contribution in [0.15, 0.2) is 18.2 Å². The summed E-state index contributed by atoms with van der Waals surface area (Å²) in [7, 11) is 0. The molecular formula is C20H33ClN2O2. The van der Waals surface area contributed by atoms with Crippen LogP contribution >= 0.6 is 12.4 Å². The first kappa shape index (κ1) is 21.8. The van der Waals surface area contributed by atoms with Gasteiger partial charge >= 0.3 is 0 Å². The Morgan fingerprint density at radius 2 is 1.92 bits per heavy atom. The average Bonchev–Trinajstić information content (AvgIpc) is 2.55. The topological polar surface area (TPSA) is 50.4 Å². The summed E-state index contributed by atoms with van der Waals surface area (Å²) in [4.78, 5) is 12.4. The van der Waals surface area contributed by atoms with E-state index < -0.39 is 6.10 Å². The van der Waals surface area contributed by atoms with Crippen molar-refractivity contribution in [2.24, 2.45) is 5.41 Å². The zero-order chi connectivity index (χ0) is 17.7. The SMILES string of the molecule is Cc1ccc(C(C)C)cc1OC(C)C(=O)NCC1(C)CCNCC1.Cl. The molecule has 2 N–H and O–H groups in total. The molecule has 1 unspecified atom stereocenters.